The third-order valence-electron chi connectivity index (χ3n) is 4.73. The van der Waals surface area contributed by atoms with Gasteiger partial charge in [0.1, 0.15) is 11.7 Å². The number of ether oxygens (including phenoxy) is 2. The van der Waals surface area contributed by atoms with E-state index in [2.05, 4.69) is 33.6 Å². The van der Waals surface area contributed by atoms with E-state index >= 15 is 0 Å². The maximum absolute atomic E-state index is 12.6. The highest BCUT2D eigenvalue weighted by molar-refractivity contribution is 7.07. The lowest BCUT2D eigenvalue weighted by atomic mass is 10.0. The SMILES string of the molecule is CCOC(=O)c1cnc2ccccc2c1N1CC(C)OC(c2ccsc2)C1. The number of pyridine rings is 1. The minimum atomic E-state index is -0.336. The predicted octanol–water partition coefficient (Wildman–Crippen LogP) is 4.44. The Bertz CT molecular complexity index is 942. The molecule has 2 unspecified atom stereocenters. The summed E-state index contributed by atoms with van der Waals surface area (Å²) in [6, 6.07) is 10.0. The number of hydrogen-bond acceptors (Lipinski definition) is 6. The molecule has 0 bridgehead atoms. The van der Waals surface area contributed by atoms with E-state index in [1.54, 1.807) is 17.5 Å². The van der Waals surface area contributed by atoms with E-state index in [9.17, 15) is 4.79 Å². The summed E-state index contributed by atoms with van der Waals surface area (Å²) in [4.78, 5) is 19.3. The van der Waals surface area contributed by atoms with Crippen LogP contribution in [0, 0.1) is 0 Å². The lowest BCUT2D eigenvalue weighted by Gasteiger charge is -2.39. The number of thiophene rings is 1. The number of rotatable bonds is 4. The monoisotopic (exact) mass is 382 g/mol. The highest BCUT2D eigenvalue weighted by Crippen LogP contribution is 2.35. The van der Waals surface area contributed by atoms with Crippen LogP contribution in [0.15, 0.2) is 47.3 Å². The molecule has 3 heterocycles. The molecule has 1 aromatic carbocycles. The number of carbonyl (C=O) groups excluding carboxylic acids is 1. The molecule has 0 aliphatic carbocycles. The first kappa shape index (κ1) is 17.9. The zero-order valence-electron chi connectivity index (χ0n) is 15.4. The lowest BCUT2D eigenvalue weighted by Crippen LogP contribution is -2.43. The summed E-state index contributed by atoms with van der Waals surface area (Å²) in [5.74, 6) is -0.336. The van der Waals surface area contributed by atoms with Crippen molar-refractivity contribution in [2.45, 2.75) is 26.1 Å². The summed E-state index contributed by atoms with van der Waals surface area (Å²) >= 11 is 1.67. The molecule has 3 aromatic rings. The highest BCUT2D eigenvalue weighted by Gasteiger charge is 2.30. The van der Waals surface area contributed by atoms with Gasteiger partial charge in [-0.2, -0.15) is 11.3 Å². The standard InChI is InChI=1S/C21H22N2O3S/c1-3-25-21(24)17-10-22-18-7-5-4-6-16(18)20(17)23-11-14(2)26-19(12-23)15-8-9-27-13-15/h4-10,13-14,19H,3,11-12H2,1-2H3. The van der Waals surface area contributed by atoms with Gasteiger partial charge in [-0.1, -0.05) is 18.2 Å². The Balaban J connectivity index is 1.80. The van der Waals surface area contributed by atoms with Crippen molar-refractivity contribution in [2.75, 3.05) is 24.6 Å². The molecule has 2 aromatic heterocycles. The number of morpholine rings is 1. The molecule has 140 valence electrons. The van der Waals surface area contributed by atoms with Gasteiger partial charge in [-0.15, -0.1) is 0 Å². The molecule has 0 amide bonds. The largest absolute Gasteiger partial charge is 0.462 e. The Hall–Kier alpha value is -2.44. The van der Waals surface area contributed by atoms with E-state index in [0.717, 1.165) is 16.6 Å². The Morgan fingerprint density at radius 2 is 2.19 bits per heavy atom. The van der Waals surface area contributed by atoms with Crippen LogP contribution in [-0.2, 0) is 9.47 Å². The van der Waals surface area contributed by atoms with Crippen LogP contribution in [0.3, 0.4) is 0 Å². The van der Waals surface area contributed by atoms with E-state index < -0.39 is 0 Å². The van der Waals surface area contributed by atoms with Crippen molar-refractivity contribution in [1.82, 2.24) is 4.98 Å². The molecule has 0 saturated carbocycles. The number of anilines is 1. The second-order valence-corrected chi connectivity index (χ2v) is 7.44. The Labute approximate surface area is 162 Å². The molecule has 5 nitrogen and oxygen atoms in total. The molecule has 0 N–H and O–H groups in total. The van der Waals surface area contributed by atoms with Crippen LogP contribution in [-0.4, -0.2) is 36.8 Å². The molecular formula is C21H22N2O3S. The van der Waals surface area contributed by atoms with E-state index in [4.69, 9.17) is 9.47 Å². The maximum Gasteiger partial charge on any atom is 0.341 e. The second-order valence-electron chi connectivity index (χ2n) is 6.66. The molecule has 1 saturated heterocycles. The molecule has 0 radical (unpaired) electrons. The van der Waals surface area contributed by atoms with Crippen LogP contribution in [0.25, 0.3) is 10.9 Å². The minimum absolute atomic E-state index is 0.0260. The average molecular weight is 382 g/mol. The molecule has 2 atom stereocenters. The summed E-state index contributed by atoms with van der Waals surface area (Å²) < 4.78 is 11.5. The van der Waals surface area contributed by atoms with Crippen molar-refractivity contribution in [3.8, 4) is 0 Å². The molecule has 1 aliphatic rings. The van der Waals surface area contributed by atoms with Gasteiger partial charge in [0.15, 0.2) is 0 Å². The van der Waals surface area contributed by atoms with Gasteiger partial charge in [0, 0.05) is 24.7 Å². The van der Waals surface area contributed by atoms with Crippen LogP contribution < -0.4 is 4.90 Å². The van der Waals surface area contributed by atoms with Gasteiger partial charge in [-0.25, -0.2) is 4.79 Å². The summed E-state index contributed by atoms with van der Waals surface area (Å²) in [6.45, 7) is 5.61. The van der Waals surface area contributed by atoms with Gasteiger partial charge < -0.3 is 14.4 Å². The van der Waals surface area contributed by atoms with E-state index in [1.165, 1.54) is 5.56 Å². The van der Waals surface area contributed by atoms with Crippen molar-refractivity contribution in [3.05, 3.63) is 58.4 Å². The zero-order chi connectivity index (χ0) is 18.8. The van der Waals surface area contributed by atoms with Gasteiger partial charge in [0.2, 0.25) is 0 Å². The first-order valence-electron chi connectivity index (χ1n) is 9.14. The summed E-state index contributed by atoms with van der Waals surface area (Å²) in [5.41, 5.74) is 3.43. The third kappa shape index (κ3) is 3.55. The maximum atomic E-state index is 12.6. The predicted molar refractivity (Wildman–Crippen MR) is 108 cm³/mol. The van der Waals surface area contributed by atoms with Gasteiger partial charge in [-0.3, -0.25) is 4.98 Å². The Morgan fingerprint density at radius 3 is 2.96 bits per heavy atom. The fourth-order valence-corrected chi connectivity index (χ4v) is 4.30. The number of benzene rings is 1. The van der Waals surface area contributed by atoms with Crippen LogP contribution in [0.4, 0.5) is 5.69 Å². The average Bonchev–Trinajstić information content (AvgIpc) is 3.21. The normalized spacial score (nSPS) is 20.0. The molecule has 6 heteroatoms. The van der Waals surface area contributed by atoms with Gasteiger partial charge >= 0.3 is 5.97 Å². The topological polar surface area (TPSA) is 51.7 Å². The number of fused-ring (bicyclic) bond motifs is 1. The van der Waals surface area contributed by atoms with Crippen LogP contribution in [0.1, 0.15) is 35.9 Å². The molecule has 1 aliphatic heterocycles. The zero-order valence-corrected chi connectivity index (χ0v) is 16.2. The number of para-hydroxylation sites is 1. The van der Waals surface area contributed by atoms with Gasteiger partial charge in [0.05, 0.1) is 23.9 Å². The fraction of sp³-hybridized carbons (Fsp3) is 0.333. The van der Waals surface area contributed by atoms with Gasteiger partial charge in [-0.05, 0) is 42.3 Å². The van der Waals surface area contributed by atoms with Crippen molar-refractivity contribution in [2.24, 2.45) is 0 Å². The molecule has 1 fully saturated rings. The summed E-state index contributed by atoms with van der Waals surface area (Å²) in [7, 11) is 0. The van der Waals surface area contributed by atoms with Gasteiger partial charge in [0.25, 0.3) is 0 Å². The smallest absolute Gasteiger partial charge is 0.341 e. The number of nitrogens with zero attached hydrogens (tertiary/aromatic N) is 2. The van der Waals surface area contributed by atoms with Crippen LogP contribution in [0.5, 0.6) is 0 Å². The van der Waals surface area contributed by atoms with Crippen molar-refractivity contribution < 1.29 is 14.3 Å². The number of hydrogen-bond donors (Lipinski definition) is 0. The number of esters is 1. The highest BCUT2D eigenvalue weighted by atomic mass is 32.1. The molecule has 4 rings (SSSR count). The molecule has 0 spiro atoms. The second kappa shape index (κ2) is 7.66. The van der Waals surface area contributed by atoms with E-state index in [-0.39, 0.29) is 18.2 Å². The molecular weight excluding hydrogens is 360 g/mol. The first-order valence-corrected chi connectivity index (χ1v) is 10.1. The van der Waals surface area contributed by atoms with Crippen molar-refractivity contribution in [1.29, 1.82) is 0 Å². The van der Waals surface area contributed by atoms with E-state index in [1.807, 2.05) is 31.2 Å². The summed E-state index contributed by atoms with van der Waals surface area (Å²) in [6.07, 6.45) is 1.66. The van der Waals surface area contributed by atoms with E-state index in [0.29, 0.717) is 25.3 Å². The summed E-state index contributed by atoms with van der Waals surface area (Å²) in [5, 5.41) is 5.15. The fourth-order valence-electron chi connectivity index (χ4n) is 3.60. The van der Waals surface area contributed by atoms with Crippen LogP contribution >= 0.6 is 11.3 Å². The third-order valence-corrected chi connectivity index (χ3v) is 5.44. The lowest BCUT2D eigenvalue weighted by molar-refractivity contribution is -0.0171. The van der Waals surface area contributed by atoms with Crippen LogP contribution in [0.2, 0.25) is 0 Å². The molecule has 27 heavy (non-hydrogen) atoms. The Kier molecular flexibility index (Phi) is 5.09. The van der Waals surface area contributed by atoms with Crippen molar-refractivity contribution in [3.63, 3.8) is 0 Å². The first-order chi connectivity index (χ1) is 13.2. The number of carbonyl (C=O) groups is 1. The van der Waals surface area contributed by atoms with Crippen molar-refractivity contribution >= 4 is 33.9 Å². The minimum Gasteiger partial charge on any atom is -0.462 e. The Morgan fingerprint density at radius 1 is 1.33 bits per heavy atom. The number of aromatic nitrogens is 1. The quantitative estimate of drug-likeness (QED) is 0.625.